The molecule has 1 aromatic carbocycles. The van der Waals surface area contributed by atoms with Gasteiger partial charge in [-0.3, -0.25) is 4.79 Å². The number of nitrogens with two attached hydrogens (primary N) is 1. The summed E-state index contributed by atoms with van der Waals surface area (Å²) < 4.78 is 5.13. The van der Waals surface area contributed by atoms with Gasteiger partial charge in [0.15, 0.2) is 0 Å². The van der Waals surface area contributed by atoms with Crippen molar-refractivity contribution in [2.24, 2.45) is 5.73 Å². The van der Waals surface area contributed by atoms with Crippen LogP contribution in [0.4, 0.5) is 0 Å². The molecule has 2 rings (SSSR count). The number of hydrogen-bond acceptors (Lipinski definition) is 3. The molecule has 4 heteroatoms. The molecule has 0 atom stereocenters. The molecule has 2 aromatic rings. The Morgan fingerprint density at radius 3 is 2.84 bits per heavy atom. The molecule has 0 spiro atoms. The van der Waals surface area contributed by atoms with E-state index in [0.717, 1.165) is 6.42 Å². The molecule has 0 bridgehead atoms. The first-order chi connectivity index (χ1) is 9.20. The van der Waals surface area contributed by atoms with Crippen LogP contribution in [0.2, 0.25) is 0 Å². The van der Waals surface area contributed by atoms with Gasteiger partial charge < -0.3 is 15.5 Å². The number of nitrogens with one attached hydrogen (secondary N) is 1. The highest BCUT2D eigenvalue weighted by Gasteiger charge is 2.09. The zero-order valence-electron chi connectivity index (χ0n) is 11.0. The van der Waals surface area contributed by atoms with Gasteiger partial charge in [0.05, 0.1) is 12.1 Å². The summed E-state index contributed by atoms with van der Waals surface area (Å²) in [5, 5.41) is 2.87. The Kier molecular flexibility index (Phi) is 4.36. The van der Waals surface area contributed by atoms with Gasteiger partial charge >= 0.3 is 0 Å². The second kappa shape index (κ2) is 6.20. The molecule has 0 saturated carbocycles. The summed E-state index contributed by atoms with van der Waals surface area (Å²) in [6.07, 6.45) is 2.26. The number of rotatable bonds is 5. The Morgan fingerprint density at radius 1 is 1.37 bits per heavy atom. The van der Waals surface area contributed by atoms with Crippen LogP contribution in [0.5, 0.6) is 0 Å². The van der Waals surface area contributed by atoms with Crippen molar-refractivity contribution in [2.45, 2.75) is 19.9 Å². The molecular weight excluding hydrogens is 240 g/mol. The summed E-state index contributed by atoms with van der Waals surface area (Å²) >= 11 is 0. The molecule has 100 valence electrons. The van der Waals surface area contributed by atoms with Gasteiger partial charge in [0, 0.05) is 6.54 Å². The topological polar surface area (TPSA) is 68.3 Å². The van der Waals surface area contributed by atoms with Gasteiger partial charge in [-0.25, -0.2) is 0 Å². The number of carbonyl (C=O) groups excluding carboxylic acids is 1. The molecule has 1 heterocycles. The lowest BCUT2D eigenvalue weighted by Gasteiger charge is -2.06. The van der Waals surface area contributed by atoms with Crippen LogP contribution in [0.15, 0.2) is 41.0 Å². The Labute approximate surface area is 112 Å². The standard InChI is InChI=1S/C15H18N2O2/c1-11-4-2-3-5-12(11)6-7-17-15(18)13-8-14(9-16)19-10-13/h2-5,8,10H,6-7,9,16H2,1H3,(H,17,18). The van der Waals surface area contributed by atoms with Gasteiger partial charge in [0.25, 0.3) is 5.91 Å². The molecule has 0 unspecified atom stereocenters. The molecular formula is C15H18N2O2. The molecule has 0 fully saturated rings. The number of furan rings is 1. The first-order valence-corrected chi connectivity index (χ1v) is 6.31. The van der Waals surface area contributed by atoms with Crippen molar-refractivity contribution in [3.05, 3.63) is 59.0 Å². The van der Waals surface area contributed by atoms with Crippen molar-refractivity contribution in [3.63, 3.8) is 0 Å². The van der Waals surface area contributed by atoms with Gasteiger partial charge in [-0.2, -0.15) is 0 Å². The van der Waals surface area contributed by atoms with E-state index in [1.807, 2.05) is 12.1 Å². The molecule has 1 amide bonds. The van der Waals surface area contributed by atoms with Crippen molar-refractivity contribution in [1.29, 1.82) is 0 Å². The highest BCUT2D eigenvalue weighted by molar-refractivity contribution is 5.93. The van der Waals surface area contributed by atoms with E-state index in [2.05, 4.69) is 24.4 Å². The SMILES string of the molecule is Cc1ccccc1CCNC(=O)c1coc(CN)c1. The van der Waals surface area contributed by atoms with E-state index in [9.17, 15) is 4.79 Å². The lowest BCUT2D eigenvalue weighted by atomic mass is 10.1. The van der Waals surface area contributed by atoms with E-state index in [4.69, 9.17) is 10.2 Å². The molecule has 3 N–H and O–H groups in total. The Hall–Kier alpha value is -2.07. The van der Waals surface area contributed by atoms with Gasteiger partial charge in [-0.15, -0.1) is 0 Å². The van der Waals surface area contributed by atoms with Crippen LogP contribution in [-0.2, 0) is 13.0 Å². The average Bonchev–Trinajstić information content (AvgIpc) is 2.90. The quantitative estimate of drug-likeness (QED) is 0.862. The molecule has 0 aliphatic rings. The molecule has 0 radical (unpaired) electrons. The first-order valence-electron chi connectivity index (χ1n) is 6.31. The summed E-state index contributed by atoms with van der Waals surface area (Å²) in [4.78, 5) is 11.8. The fraction of sp³-hybridized carbons (Fsp3) is 0.267. The normalized spacial score (nSPS) is 10.4. The fourth-order valence-electron chi connectivity index (χ4n) is 1.91. The van der Waals surface area contributed by atoms with Crippen molar-refractivity contribution in [2.75, 3.05) is 6.54 Å². The van der Waals surface area contributed by atoms with Crippen LogP contribution < -0.4 is 11.1 Å². The molecule has 4 nitrogen and oxygen atoms in total. The van der Waals surface area contributed by atoms with Gasteiger partial charge in [-0.1, -0.05) is 24.3 Å². The smallest absolute Gasteiger partial charge is 0.254 e. The third-order valence-electron chi connectivity index (χ3n) is 3.06. The van der Waals surface area contributed by atoms with E-state index in [0.29, 0.717) is 24.4 Å². The first kappa shape index (κ1) is 13.4. The minimum absolute atomic E-state index is 0.128. The average molecular weight is 258 g/mol. The third kappa shape index (κ3) is 3.45. The second-order valence-corrected chi connectivity index (χ2v) is 4.44. The van der Waals surface area contributed by atoms with E-state index >= 15 is 0 Å². The van der Waals surface area contributed by atoms with Crippen molar-refractivity contribution >= 4 is 5.91 Å². The molecule has 0 saturated heterocycles. The lowest BCUT2D eigenvalue weighted by Crippen LogP contribution is -2.25. The molecule has 19 heavy (non-hydrogen) atoms. The predicted molar refractivity (Wildman–Crippen MR) is 73.8 cm³/mol. The maximum atomic E-state index is 11.8. The highest BCUT2D eigenvalue weighted by atomic mass is 16.3. The van der Waals surface area contributed by atoms with Crippen LogP contribution >= 0.6 is 0 Å². The maximum absolute atomic E-state index is 11.8. The Balaban J connectivity index is 1.86. The van der Waals surface area contributed by atoms with Crippen LogP contribution in [-0.4, -0.2) is 12.5 Å². The number of carbonyl (C=O) groups is 1. The highest BCUT2D eigenvalue weighted by Crippen LogP contribution is 2.08. The van der Waals surface area contributed by atoms with Crippen molar-refractivity contribution in [1.82, 2.24) is 5.32 Å². The number of hydrogen-bond donors (Lipinski definition) is 2. The summed E-state index contributed by atoms with van der Waals surface area (Å²) in [7, 11) is 0. The monoisotopic (exact) mass is 258 g/mol. The summed E-state index contributed by atoms with van der Waals surface area (Å²) in [5.41, 5.74) is 8.44. The van der Waals surface area contributed by atoms with Gasteiger partial charge in [0.2, 0.25) is 0 Å². The van der Waals surface area contributed by atoms with E-state index in [1.54, 1.807) is 6.07 Å². The van der Waals surface area contributed by atoms with Crippen LogP contribution in [0.1, 0.15) is 27.2 Å². The Bertz CT molecular complexity index is 561. The number of benzene rings is 1. The summed E-state index contributed by atoms with van der Waals surface area (Å²) in [6.45, 7) is 2.98. The van der Waals surface area contributed by atoms with Crippen LogP contribution in [0.25, 0.3) is 0 Å². The van der Waals surface area contributed by atoms with Crippen molar-refractivity contribution < 1.29 is 9.21 Å². The largest absolute Gasteiger partial charge is 0.467 e. The lowest BCUT2D eigenvalue weighted by molar-refractivity contribution is 0.0953. The van der Waals surface area contributed by atoms with E-state index in [1.165, 1.54) is 17.4 Å². The van der Waals surface area contributed by atoms with Crippen molar-refractivity contribution in [3.8, 4) is 0 Å². The maximum Gasteiger partial charge on any atom is 0.254 e. The third-order valence-corrected chi connectivity index (χ3v) is 3.06. The molecule has 0 aliphatic carbocycles. The summed E-state index contributed by atoms with van der Waals surface area (Å²) in [5.74, 6) is 0.487. The molecule has 1 aromatic heterocycles. The van der Waals surface area contributed by atoms with E-state index in [-0.39, 0.29) is 5.91 Å². The zero-order chi connectivity index (χ0) is 13.7. The minimum Gasteiger partial charge on any atom is -0.467 e. The zero-order valence-corrected chi connectivity index (χ0v) is 11.0. The summed E-state index contributed by atoms with van der Waals surface area (Å²) in [6, 6.07) is 9.83. The van der Waals surface area contributed by atoms with Crippen LogP contribution in [0, 0.1) is 6.92 Å². The second-order valence-electron chi connectivity index (χ2n) is 4.44. The number of aryl methyl sites for hydroxylation is 1. The number of amides is 1. The van der Waals surface area contributed by atoms with Gasteiger partial charge in [-0.05, 0) is 30.5 Å². The fourth-order valence-corrected chi connectivity index (χ4v) is 1.91. The predicted octanol–water partition coefficient (Wildman–Crippen LogP) is 2.02. The Morgan fingerprint density at radius 2 is 2.16 bits per heavy atom. The van der Waals surface area contributed by atoms with E-state index < -0.39 is 0 Å². The minimum atomic E-state index is -0.128. The molecule has 0 aliphatic heterocycles. The van der Waals surface area contributed by atoms with Gasteiger partial charge in [0.1, 0.15) is 12.0 Å². The van der Waals surface area contributed by atoms with Crippen LogP contribution in [0.3, 0.4) is 0 Å².